The number of fused-ring (bicyclic) bond motifs is 3. The van der Waals surface area contributed by atoms with Gasteiger partial charge in [0, 0.05) is 22.6 Å². The zero-order valence-corrected chi connectivity index (χ0v) is 21.7. The van der Waals surface area contributed by atoms with Crippen LogP contribution >= 0.6 is 22.9 Å². The predicted molar refractivity (Wildman–Crippen MR) is 146 cm³/mol. The van der Waals surface area contributed by atoms with Gasteiger partial charge in [-0.25, -0.2) is 0 Å². The quantitative estimate of drug-likeness (QED) is 0.268. The van der Waals surface area contributed by atoms with Gasteiger partial charge in [0.2, 0.25) is 11.8 Å². The molecule has 5 rings (SSSR count). The molecule has 184 valence electrons. The first-order chi connectivity index (χ1) is 17.6. The Hall–Kier alpha value is -3.35. The predicted octanol–water partition coefficient (Wildman–Crippen LogP) is 6.50. The Kier molecular flexibility index (Phi) is 7.25. The second kappa shape index (κ2) is 10.7. The lowest BCUT2D eigenvalue weighted by Crippen LogP contribution is -2.47. The third-order valence-corrected chi connectivity index (χ3v) is 7.67. The van der Waals surface area contributed by atoms with Gasteiger partial charge in [0.05, 0.1) is 23.5 Å². The van der Waals surface area contributed by atoms with Crippen LogP contribution in [0.5, 0.6) is 0 Å². The van der Waals surface area contributed by atoms with Crippen LogP contribution in [-0.2, 0) is 16.0 Å². The number of hydrogen-bond donors (Lipinski definition) is 0. The van der Waals surface area contributed by atoms with E-state index in [0.29, 0.717) is 18.0 Å². The summed E-state index contributed by atoms with van der Waals surface area (Å²) in [7, 11) is 0. The van der Waals surface area contributed by atoms with Gasteiger partial charge in [-0.3, -0.25) is 14.5 Å². The van der Waals surface area contributed by atoms with Gasteiger partial charge in [0.25, 0.3) is 0 Å². The number of para-hydroxylation sites is 2. The number of anilines is 1. The van der Waals surface area contributed by atoms with Crippen LogP contribution in [-0.4, -0.2) is 34.4 Å². The Morgan fingerprint density at radius 1 is 0.972 bits per heavy atom. The molecule has 0 spiro atoms. The molecule has 0 saturated heterocycles. The molecule has 36 heavy (non-hydrogen) atoms. The summed E-state index contributed by atoms with van der Waals surface area (Å²) in [6, 6.07) is 23.2. The number of unbranched alkanes of at least 4 members (excludes halogenated alkanes) is 1. The van der Waals surface area contributed by atoms with Gasteiger partial charge >= 0.3 is 0 Å². The fourth-order valence-corrected chi connectivity index (χ4v) is 5.60. The fourth-order valence-electron chi connectivity index (χ4n) is 4.78. The molecule has 1 unspecified atom stereocenters. The maximum absolute atomic E-state index is 14.1. The molecular weight excluding hydrogens is 490 g/mol. The molecule has 2 aromatic carbocycles. The monoisotopic (exact) mass is 517 g/mol. The summed E-state index contributed by atoms with van der Waals surface area (Å²) >= 11 is 7.76. The minimum absolute atomic E-state index is 0.0176. The van der Waals surface area contributed by atoms with E-state index < -0.39 is 0 Å². The third-order valence-electron chi connectivity index (χ3n) is 6.54. The van der Waals surface area contributed by atoms with Crippen LogP contribution in [0.3, 0.4) is 0 Å². The molecule has 2 aromatic heterocycles. The maximum atomic E-state index is 14.1. The van der Waals surface area contributed by atoms with Crippen molar-refractivity contribution < 1.29 is 9.59 Å². The Balaban J connectivity index is 1.52. The number of hydrogen-bond acceptors (Lipinski definition) is 3. The smallest absolute Gasteiger partial charge is 0.247 e. The second-order valence-electron chi connectivity index (χ2n) is 8.93. The molecule has 4 aromatic rings. The zero-order valence-electron chi connectivity index (χ0n) is 20.1. The van der Waals surface area contributed by atoms with Crippen LogP contribution in [0.1, 0.15) is 41.9 Å². The van der Waals surface area contributed by atoms with E-state index >= 15 is 0 Å². The fraction of sp³-hybridized carbons (Fsp3) is 0.241. The van der Waals surface area contributed by atoms with Gasteiger partial charge in [-0.05, 0) is 59.8 Å². The number of benzene rings is 2. The average molecular weight is 518 g/mol. The summed E-state index contributed by atoms with van der Waals surface area (Å²) < 4.78 is 2.13. The molecule has 0 saturated carbocycles. The van der Waals surface area contributed by atoms with Gasteiger partial charge in [0.15, 0.2) is 0 Å². The van der Waals surface area contributed by atoms with Crippen molar-refractivity contribution in [2.45, 2.75) is 32.2 Å². The molecule has 3 heterocycles. The van der Waals surface area contributed by atoms with E-state index in [1.54, 1.807) is 16.2 Å². The molecule has 0 N–H and O–H groups in total. The van der Waals surface area contributed by atoms with Crippen molar-refractivity contribution in [2.75, 3.05) is 18.0 Å². The van der Waals surface area contributed by atoms with E-state index in [9.17, 15) is 9.59 Å². The van der Waals surface area contributed by atoms with Crippen LogP contribution in [0.15, 0.2) is 84.4 Å². The standard InChI is InChI=1S/C29H28ClN3O2S/c1-2-3-16-31(27(34)19-23-8-7-18-36-23)20-28(35)33-25-10-5-4-9-24(25)32-17-6-11-26(32)29(33)21-12-14-22(30)15-13-21/h4-15,17-18,29H,2-3,16,19-20H2,1H3. The highest BCUT2D eigenvalue weighted by Crippen LogP contribution is 2.42. The van der Waals surface area contributed by atoms with Gasteiger partial charge in [-0.2, -0.15) is 0 Å². The maximum Gasteiger partial charge on any atom is 0.247 e. The van der Waals surface area contributed by atoms with Crippen molar-refractivity contribution in [3.63, 3.8) is 0 Å². The number of carbonyl (C=O) groups is 2. The highest BCUT2D eigenvalue weighted by atomic mass is 35.5. The normalized spacial score (nSPS) is 14.3. The zero-order chi connectivity index (χ0) is 25.1. The summed E-state index contributed by atoms with van der Waals surface area (Å²) in [6.45, 7) is 2.68. The molecule has 5 nitrogen and oxygen atoms in total. The Morgan fingerprint density at radius 2 is 1.75 bits per heavy atom. The molecule has 1 aliphatic heterocycles. The van der Waals surface area contributed by atoms with Gasteiger partial charge in [-0.15, -0.1) is 11.3 Å². The summed E-state index contributed by atoms with van der Waals surface area (Å²) in [5, 5.41) is 2.62. The van der Waals surface area contributed by atoms with E-state index in [-0.39, 0.29) is 24.4 Å². The topological polar surface area (TPSA) is 45.6 Å². The van der Waals surface area contributed by atoms with Crippen LogP contribution in [0, 0.1) is 0 Å². The Labute approximate surface area is 220 Å². The highest BCUT2D eigenvalue weighted by molar-refractivity contribution is 7.10. The SMILES string of the molecule is CCCCN(CC(=O)N1c2ccccc2-n2cccc2C1c1ccc(Cl)cc1)C(=O)Cc1cccs1. The molecule has 0 radical (unpaired) electrons. The number of nitrogens with zero attached hydrogens (tertiary/aromatic N) is 3. The number of halogens is 1. The van der Waals surface area contributed by atoms with E-state index in [2.05, 4.69) is 11.5 Å². The highest BCUT2D eigenvalue weighted by Gasteiger charge is 2.36. The van der Waals surface area contributed by atoms with Crippen molar-refractivity contribution in [3.8, 4) is 5.69 Å². The van der Waals surface area contributed by atoms with Crippen LogP contribution in [0.25, 0.3) is 5.69 Å². The Bertz CT molecular complexity index is 1350. The van der Waals surface area contributed by atoms with Gasteiger partial charge in [0.1, 0.15) is 12.6 Å². The van der Waals surface area contributed by atoms with Gasteiger partial charge in [-0.1, -0.05) is 55.3 Å². The van der Waals surface area contributed by atoms with Crippen molar-refractivity contribution in [2.24, 2.45) is 0 Å². The van der Waals surface area contributed by atoms with Crippen LogP contribution in [0.2, 0.25) is 5.02 Å². The number of aromatic nitrogens is 1. The first kappa shape index (κ1) is 24.3. The van der Waals surface area contributed by atoms with Crippen molar-refractivity contribution in [1.82, 2.24) is 9.47 Å². The van der Waals surface area contributed by atoms with Crippen LogP contribution < -0.4 is 4.90 Å². The van der Waals surface area contributed by atoms with Crippen molar-refractivity contribution in [3.05, 3.63) is 106 Å². The number of thiophene rings is 1. The largest absolute Gasteiger partial charge is 0.333 e. The average Bonchev–Trinajstić information content (AvgIpc) is 3.58. The minimum Gasteiger partial charge on any atom is -0.333 e. The summed E-state index contributed by atoms with van der Waals surface area (Å²) in [4.78, 5) is 32.0. The molecular formula is C29H28ClN3O2S. The molecule has 2 amide bonds. The molecule has 0 fully saturated rings. The summed E-state index contributed by atoms with van der Waals surface area (Å²) in [5.41, 5.74) is 3.73. The molecule has 7 heteroatoms. The molecule has 1 atom stereocenters. The lowest BCUT2D eigenvalue weighted by atomic mass is 9.97. The lowest BCUT2D eigenvalue weighted by molar-refractivity contribution is -0.134. The molecule has 1 aliphatic rings. The van der Waals surface area contributed by atoms with Crippen molar-refractivity contribution in [1.29, 1.82) is 0 Å². The van der Waals surface area contributed by atoms with E-state index in [1.165, 1.54) is 0 Å². The van der Waals surface area contributed by atoms with Crippen molar-refractivity contribution >= 4 is 40.4 Å². The third kappa shape index (κ3) is 4.84. The van der Waals surface area contributed by atoms with Gasteiger partial charge < -0.3 is 9.47 Å². The number of amides is 2. The first-order valence-corrected chi connectivity index (χ1v) is 13.5. The van der Waals surface area contributed by atoms with E-state index in [1.807, 2.05) is 89.3 Å². The first-order valence-electron chi connectivity index (χ1n) is 12.2. The number of rotatable bonds is 8. The minimum atomic E-state index is -0.333. The van der Waals surface area contributed by atoms with E-state index in [4.69, 9.17) is 11.6 Å². The molecule has 0 bridgehead atoms. The molecule has 0 aliphatic carbocycles. The van der Waals surface area contributed by atoms with E-state index in [0.717, 1.165) is 40.4 Å². The van der Waals surface area contributed by atoms with Crippen LogP contribution in [0.4, 0.5) is 5.69 Å². The number of carbonyl (C=O) groups excluding carboxylic acids is 2. The summed E-state index contributed by atoms with van der Waals surface area (Å²) in [6.07, 6.45) is 4.14. The summed E-state index contributed by atoms with van der Waals surface area (Å²) in [5.74, 6) is -0.124. The lowest BCUT2D eigenvalue weighted by Gasteiger charge is -2.39. The Morgan fingerprint density at radius 3 is 2.47 bits per heavy atom. The second-order valence-corrected chi connectivity index (χ2v) is 10.4.